The number of hydrogen-bond acceptors (Lipinski definition) is 3. The van der Waals surface area contributed by atoms with E-state index in [1.54, 1.807) is 0 Å². The summed E-state index contributed by atoms with van der Waals surface area (Å²) in [5.74, 6) is 1.31. The van der Waals surface area contributed by atoms with Crippen LogP contribution in [0.2, 0.25) is 0 Å². The van der Waals surface area contributed by atoms with Crippen LogP contribution in [-0.2, 0) is 4.79 Å². The molecule has 2 aliphatic rings. The fourth-order valence-electron chi connectivity index (χ4n) is 3.21. The van der Waals surface area contributed by atoms with Gasteiger partial charge in [-0.05, 0) is 33.1 Å². The van der Waals surface area contributed by atoms with Gasteiger partial charge in [-0.1, -0.05) is 12.2 Å². The van der Waals surface area contributed by atoms with Crippen molar-refractivity contribution in [1.82, 2.24) is 20.0 Å². The largest absolute Gasteiger partial charge is 0.357 e. The van der Waals surface area contributed by atoms with Gasteiger partial charge in [-0.2, -0.15) is 0 Å². The number of hydrogen-bond donors (Lipinski definition) is 1. The Morgan fingerprint density at radius 1 is 1.08 bits per heavy atom. The standard InChI is InChI=1S/C18H33N5O.HI/c1-3-5-6-9-20-18(19-4-2)23-14-12-21(13-15-23)16-17(24)22-10-7-8-11-22;/h3,5H,4,6-16H2,1-2H3,(H,19,20);1H/b5-3+;. The van der Waals surface area contributed by atoms with Gasteiger partial charge in [0.25, 0.3) is 0 Å². The zero-order valence-corrected chi connectivity index (χ0v) is 18.1. The van der Waals surface area contributed by atoms with E-state index in [4.69, 9.17) is 4.99 Å². The summed E-state index contributed by atoms with van der Waals surface area (Å²) in [6, 6.07) is 0. The Balaban J connectivity index is 0.00000312. The molecule has 0 aromatic rings. The molecule has 0 aromatic heterocycles. The minimum atomic E-state index is 0. The molecule has 25 heavy (non-hydrogen) atoms. The third-order valence-electron chi connectivity index (χ3n) is 4.62. The number of likely N-dealkylation sites (tertiary alicyclic amines) is 1. The zero-order valence-electron chi connectivity index (χ0n) is 15.7. The van der Waals surface area contributed by atoms with E-state index in [1.165, 1.54) is 0 Å². The molecule has 2 aliphatic heterocycles. The predicted octanol–water partition coefficient (Wildman–Crippen LogP) is 1.78. The van der Waals surface area contributed by atoms with Crippen molar-refractivity contribution in [2.75, 3.05) is 58.9 Å². The normalized spacial score (nSPS) is 19.4. The minimum absolute atomic E-state index is 0. The topological polar surface area (TPSA) is 51.2 Å². The average Bonchev–Trinajstić information content (AvgIpc) is 3.13. The number of nitrogens with zero attached hydrogens (tertiary/aromatic N) is 4. The molecule has 0 aliphatic carbocycles. The maximum atomic E-state index is 12.3. The Hall–Kier alpha value is -0.830. The van der Waals surface area contributed by atoms with Crippen molar-refractivity contribution < 1.29 is 4.79 Å². The number of aliphatic imine (C=N–C) groups is 1. The maximum absolute atomic E-state index is 12.3. The smallest absolute Gasteiger partial charge is 0.236 e. The van der Waals surface area contributed by atoms with Gasteiger partial charge in [-0.25, -0.2) is 0 Å². The number of piperazine rings is 1. The maximum Gasteiger partial charge on any atom is 0.236 e. The molecular formula is C18H34IN5O. The van der Waals surface area contributed by atoms with Crippen molar-refractivity contribution in [2.45, 2.75) is 33.1 Å². The van der Waals surface area contributed by atoms with Gasteiger partial charge in [0.15, 0.2) is 5.96 Å². The second-order valence-corrected chi connectivity index (χ2v) is 6.44. The molecule has 2 saturated heterocycles. The number of allylic oxidation sites excluding steroid dienone is 1. The van der Waals surface area contributed by atoms with Crippen molar-refractivity contribution in [3.05, 3.63) is 12.2 Å². The van der Waals surface area contributed by atoms with E-state index in [1.807, 2.05) is 11.8 Å². The first-order valence-electron chi connectivity index (χ1n) is 9.39. The van der Waals surface area contributed by atoms with Crippen molar-refractivity contribution in [2.24, 2.45) is 4.99 Å². The molecule has 0 aromatic carbocycles. The van der Waals surface area contributed by atoms with Crippen LogP contribution in [0.1, 0.15) is 33.1 Å². The summed E-state index contributed by atoms with van der Waals surface area (Å²) in [7, 11) is 0. The summed E-state index contributed by atoms with van der Waals surface area (Å²) < 4.78 is 0. The van der Waals surface area contributed by atoms with Crippen LogP contribution in [0.15, 0.2) is 17.1 Å². The van der Waals surface area contributed by atoms with Crippen molar-refractivity contribution >= 4 is 35.8 Å². The first-order chi connectivity index (χ1) is 11.7. The summed E-state index contributed by atoms with van der Waals surface area (Å²) in [5.41, 5.74) is 0. The third-order valence-corrected chi connectivity index (χ3v) is 4.62. The molecule has 144 valence electrons. The Bertz CT molecular complexity index is 441. The van der Waals surface area contributed by atoms with E-state index in [2.05, 4.69) is 34.2 Å². The van der Waals surface area contributed by atoms with E-state index in [0.29, 0.717) is 12.5 Å². The summed E-state index contributed by atoms with van der Waals surface area (Å²) in [5, 5.41) is 3.39. The van der Waals surface area contributed by atoms with Gasteiger partial charge in [0.05, 0.1) is 6.54 Å². The first kappa shape index (κ1) is 22.2. The molecule has 0 atom stereocenters. The molecule has 0 spiro atoms. The fraction of sp³-hybridized carbons (Fsp3) is 0.778. The van der Waals surface area contributed by atoms with E-state index >= 15 is 0 Å². The molecule has 0 radical (unpaired) electrons. The summed E-state index contributed by atoms with van der Waals surface area (Å²) in [6.07, 6.45) is 7.52. The van der Waals surface area contributed by atoms with Crippen LogP contribution in [0.4, 0.5) is 0 Å². The van der Waals surface area contributed by atoms with Crippen molar-refractivity contribution in [3.8, 4) is 0 Å². The molecule has 0 saturated carbocycles. The Kier molecular flexibility index (Phi) is 11.1. The number of nitrogens with one attached hydrogen (secondary N) is 1. The molecule has 0 bridgehead atoms. The number of rotatable bonds is 6. The van der Waals surface area contributed by atoms with Gasteiger partial charge in [0.2, 0.25) is 5.91 Å². The van der Waals surface area contributed by atoms with Crippen LogP contribution in [0.5, 0.6) is 0 Å². The van der Waals surface area contributed by atoms with Crippen LogP contribution in [0.3, 0.4) is 0 Å². The van der Waals surface area contributed by atoms with Gasteiger partial charge in [0, 0.05) is 52.4 Å². The molecule has 2 rings (SSSR count). The van der Waals surface area contributed by atoms with Crippen LogP contribution < -0.4 is 5.32 Å². The van der Waals surface area contributed by atoms with E-state index in [0.717, 1.165) is 77.6 Å². The first-order valence-corrected chi connectivity index (χ1v) is 9.39. The molecule has 6 nitrogen and oxygen atoms in total. The highest BCUT2D eigenvalue weighted by atomic mass is 127. The third kappa shape index (κ3) is 7.52. The number of guanidine groups is 1. The lowest BCUT2D eigenvalue weighted by atomic mass is 10.3. The highest BCUT2D eigenvalue weighted by Crippen LogP contribution is 2.09. The lowest BCUT2D eigenvalue weighted by Crippen LogP contribution is -2.54. The molecular weight excluding hydrogens is 429 g/mol. The highest BCUT2D eigenvalue weighted by Gasteiger charge is 2.24. The number of halogens is 1. The lowest BCUT2D eigenvalue weighted by molar-refractivity contribution is -0.131. The van der Waals surface area contributed by atoms with E-state index in [9.17, 15) is 4.79 Å². The molecule has 1 amide bonds. The van der Waals surface area contributed by atoms with Gasteiger partial charge < -0.3 is 15.1 Å². The Morgan fingerprint density at radius 3 is 2.36 bits per heavy atom. The number of amides is 1. The Morgan fingerprint density at radius 2 is 1.76 bits per heavy atom. The van der Waals surface area contributed by atoms with E-state index in [-0.39, 0.29) is 24.0 Å². The van der Waals surface area contributed by atoms with Gasteiger partial charge in [0.1, 0.15) is 0 Å². The molecule has 2 heterocycles. The minimum Gasteiger partial charge on any atom is -0.357 e. The number of carbonyl (C=O) groups excluding carboxylic acids is 1. The molecule has 1 N–H and O–H groups in total. The lowest BCUT2D eigenvalue weighted by Gasteiger charge is -2.36. The predicted molar refractivity (Wildman–Crippen MR) is 115 cm³/mol. The SMILES string of the molecule is C/C=C/CCN=C(NCC)N1CCN(CC(=O)N2CCCC2)CC1.I. The van der Waals surface area contributed by atoms with Gasteiger partial charge in [-0.3, -0.25) is 14.7 Å². The second kappa shape index (κ2) is 12.5. The van der Waals surface area contributed by atoms with Crippen LogP contribution in [0, 0.1) is 0 Å². The summed E-state index contributed by atoms with van der Waals surface area (Å²) >= 11 is 0. The van der Waals surface area contributed by atoms with Crippen LogP contribution in [-0.4, -0.2) is 85.5 Å². The quantitative estimate of drug-likeness (QED) is 0.215. The van der Waals surface area contributed by atoms with Crippen LogP contribution >= 0.6 is 24.0 Å². The van der Waals surface area contributed by atoms with E-state index < -0.39 is 0 Å². The number of carbonyl (C=O) groups is 1. The van der Waals surface area contributed by atoms with Crippen LogP contribution in [0.25, 0.3) is 0 Å². The van der Waals surface area contributed by atoms with Gasteiger partial charge in [-0.15, -0.1) is 24.0 Å². The second-order valence-electron chi connectivity index (χ2n) is 6.44. The fourth-order valence-corrected chi connectivity index (χ4v) is 3.21. The summed E-state index contributed by atoms with van der Waals surface area (Å²) in [4.78, 5) is 23.6. The van der Waals surface area contributed by atoms with Crippen molar-refractivity contribution in [1.29, 1.82) is 0 Å². The summed E-state index contributed by atoms with van der Waals surface area (Å²) in [6.45, 7) is 12.0. The average molecular weight is 463 g/mol. The molecule has 0 unspecified atom stereocenters. The Labute approximate surface area is 169 Å². The van der Waals surface area contributed by atoms with Gasteiger partial charge >= 0.3 is 0 Å². The highest BCUT2D eigenvalue weighted by molar-refractivity contribution is 14.0. The zero-order chi connectivity index (χ0) is 17.2. The molecule has 2 fully saturated rings. The van der Waals surface area contributed by atoms with Crippen molar-refractivity contribution in [3.63, 3.8) is 0 Å². The monoisotopic (exact) mass is 463 g/mol. The molecule has 7 heteroatoms.